The summed E-state index contributed by atoms with van der Waals surface area (Å²) in [5.41, 5.74) is 0. The summed E-state index contributed by atoms with van der Waals surface area (Å²) in [6, 6.07) is 3.98. The first-order chi connectivity index (χ1) is 6.63. The van der Waals surface area contributed by atoms with Crippen LogP contribution in [0.4, 0.5) is 0 Å². The second-order valence-electron chi connectivity index (χ2n) is 3.30. The minimum atomic E-state index is -0.0765. The van der Waals surface area contributed by atoms with Crippen LogP contribution >= 0.6 is 0 Å². The second-order valence-corrected chi connectivity index (χ2v) is 3.30. The predicted octanol–water partition coefficient (Wildman–Crippen LogP) is 1.30. The summed E-state index contributed by atoms with van der Waals surface area (Å²) < 4.78 is 0. The van der Waals surface area contributed by atoms with Crippen molar-refractivity contribution in [2.75, 3.05) is 13.1 Å². The maximum absolute atomic E-state index is 11.6. The average molecular weight is 193 g/mol. The van der Waals surface area contributed by atoms with Crippen LogP contribution < -0.4 is 0 Å². The van der Waals surface area contributed by atoms with Crippen LogP contribution in [0.1, 0.15) is 26.7 Å². The van der Waals surface area contributed by atoms with E-state index in [1.807, 2.05) is 26.0 Å². The van der Waals surface area contributed by atoms with Crippen LogP contribution in [0.5, 0.6) is 0 Å². The van der Waals surface area contributed by atoms with Gasteiger partial charge < -0.3 is 4.90 Å². The highest BCUT2D eigenvalue weighted by Crippen LogP contribution is 2.03. The highest BCUT2D eigenvalue weighted by Gasteiger charge is 2.15. The zero-order valence-electron chi connectivity index (χ0n) is 8.66. The van der Waals surface area contributed by atoms with Crippen LogP contribution in [0.3, 0.4) is 0 Å². The Labute approximate surface area is 84.7 Å². The van der Waals surface area contributed by atoms with Gasteiger partial charge in [-0.3, -0.25) is 4.79 Å². The summed E-state index contributed by atoms with van der Waals surface area (Å²) in [5.74, 6) is -0.0668. The zero-order valence-corrected chi connectivity index (χ0v) is 8.66. The minimum Gasteiger partial charge on any atom is -0.340 e. The van der Waals surface area contributed by atoms with Gasteiger partial charge in [-0.1, -0.05) is 13.8 Å². The molecule has 0 aliphatic rings. The number of nitriles is 2. The molecule has 0 bridgehead atoms. The summed E-state index contributed by atoms with van der Waals surface area (Å²) in [6.45, 7) is 4.48. The largest absolute Gasteiger partial charge is 0.340 e. The van der Waals surface area contributed by atoms with E-state index in [0.29, 0.717) is 25.9 Å². The first kappa shape index (κ1) is 12.4. The highest BCUT2D eigenvalue weighted by atomic mass is 16.2. The summed E-state index contributed by atoms with van der Waals surface area (Å²) >= 11 is 0. The Bertz CT molecular complexity index is 242. The van der Waals surface area contributed by atoms with E-state index in [4.69, 9.17) is 10.5 Å². The summed E-state index contributed by atoms with van der Waals surface area (Å²) in [7, 11) is 0. The van der Waals surface area contributed by atoms with E-state index >= 15 is 0 Å². The van der Waals surface area contributed by atoms with Crippen LogP contribution in [-0.4, -0.2) is 23.9 Å². The molecule has 0 aromatic carbocycles. The average Bonchev–Trinajstić information content (AvgIpc) is 2.17. The van der Waals surface area contributed by atoms with Gasteiger partial charge in [-0.05, 0) is 0 Å². The molecule has 0 radical (unpaired) electrons. The molecule has 4 nitrogen and oxygen atoms in total. The molecule has 0 spiro atoms. The Balaban J connectivity index is 4.18. The molecule has 0 saturated heterocycles. The van der Waals surface area contributed by atoms with Gasteiger partial charge in [0.05, 0.1) is 25.0 Å². The lowest BCUT2D eigenvalue weighted by Crippen LogP contribution is -2.35. The van der Waals surface area contributed by atoms with Crippen molar-refractivity contribution in [3.8, 4) is 12.1 Å². The number of carbonyl (C=O) groups is 1. The third-order valence-electron chi connectivity index (χ3n) is 1.79. The van der Waals surface area contributed by atoms with Gasteiger partial charge in [-0.25, -0.2) is 0 Å². The maximum atomic E-state index is 11.6. The van der Waals surface area contributed by atoms with E-state index in [9.17, 15) is 4.79 Å². The molecule has 1 amide bonds. The van der Waals surface area contributed by atoms with Gasteiger partial charge in [0.25, 0.3) is 0 Å². The molecule has 0 aliphatic carbocycles. The molecule has 14 heavy (non-hydrogen) atoms. The maximum Gasteiger partial charge on any atom is 0.225 e. The van der Waals surface area contributed by atoms with Crippen LogP contribution in [0, 0.1) is 28.6 Å². The van der Waals surface area contributed by atoms with Crippen LogP contribution in [0.2, 0.25) is 0 Å². The summed E-state index contributed by atoms with van der Waals surface area (Å²) in [5, 5.41) is 16.8. The Morgan fingerprint density at radius 3 is 1.93 bits per heavy atom. The van der Waals surface area contributed by atoms with Gasteiger partial charge in [0.15, 0.2) is 0 Å². The van der Waals surface area contributed by atoms with Crippen molar-refractivity contribution in [3.05, 3.63) is 0 Å². The van der Waals surface area contributed by atoms with Gasteiger partial charge >= 0.3 is 0 Å². The van der Waals surface area contributed by atoms with E-state index in [2.05, 4.69) is 0 Å². The van der Waals surface area contributed by atoms with Crippen molar-refractivity contribution in [1.29, 1.82) is 10.5 Å². The smallest absolute Gasteiger partial charge is 0.225 e. The second kappa shape index (κ2) is 6.91. The van der Waals surface area contributed by atoms with Crippen molar-refractivity contribution in [2.45, 2.75) is 26.7 Å². The fourth-order valence-corrected chi connectivity index (χ4v) is 1.07. The Morgan fingerprint density at radius 2 is 1.64 bits per heavy atom. The number of rotatable bonds is 5. The highest BCUT2D eigenvalue weighted by molar-refractivity contribution is 5.78. The molecule has 0 aliphatic heterocycles. The van der Waals surface area contributed by atoms with Gasteiger partial charge in [0.2, 0.25) is 5.91 Å². The molecule has 0 saturated carbocycles. The first-order valence-electron chi connectivity index (χ1n) is 4.66. The third kappa shape index (κ3) is 4.47. The SMILES string of the molecule is CC(C)C(=O)N(CCC#N)CCC#N. The lowest BCUT2D eigenvalue weighted by Gasteiger charge is -2.22. The molecule has 0 rings (SSSR count). The topological polar surface area (TPSA) is 67.9 Å². The molecule has 0 atom stereocenters. The van der Waals surface area contributed by atoms with Crippen molar-refractivity contribution in [1.82, 2.24) is 4.90 Å². The molecule has 4 heteroatoms. The van der Waals surface area contributed by atoms with Gasteiger partial charge in [0.1, 0.15) is 0 Å². The first-order valence-corrected chi connectivity index (χ1v) is 4.66. The molecule has 0 aromatic rings. The lowest BCUT2D eigenvalue weighted by atomic mass is 10.2. The van der Waals surface area contributed by atoms with Crippen LogP contribution in [0.15, 0.2) is 0 Å². The van der Waals surface area contributed by atoms with E-state index < -0.39 is 0 Å². The number of hydrogen-bond acceptors (Lipinski definition) is 3. The van der Waals surface area contributed by atoms with Crippen LogP contribution in [0.25, 0.3) is 0 Å². The van der Waals surface area contributed by atoms with Crippen molar-refractivity contribution in [2.24, 2.45) is 5.92 Å². The number of amides is 1. The molecular weight excluding hydrogens is 178 g/mol. The normalized spacial score (nSPS) is 9.21. The molecule has 0 unspecified atom stereocenters. The monoisotopic (exact) mass is 193 g/mol. The van der Waals surface area contributed by atoms with Gasteiger partial charge in [0, 0.05) is 19.0 Å². The van der Waals surface area contributed by atoms with Gasteiger partial charge in [-0.15, -0.1) is 0 Å². The molecule has 0 fully saturated rings. The summed E-state index contributed by atoms with van der Waals surface area (Å²) in [6.07, 6.45) is 0.647. The van der Waals surface area contributed by atoms with Crippen LogP contribution in [-0.2, 0) is 4.79 Å². The van der Waals surface area contributed by atoms with Gasteiger partial charge in [-0.2, -0.15) is 10.5 Å². The standard InChI is InChI=1S/C10H15N3O/c1-9(2)10(14)13(7-3-5-11)8-4-6-12/h9H,3-4,7-8H2,1-2H3. The zero-order chi connectivity index (χ0) is 11.0. The quantitative estimate of drug-likeness (QED) is 0.660. The van der Waals surface area contributed by atoms with Crippen molar-refractivity contribution in [3.63, 3.8) is 0 Å². The van der Waals surface area contributed by atoms with E-state index in [0.717, 1.165) is 0 Å². The predicted molar refractivity (Wildman–Crippen MR) is 51.9 cm³/mol. The number of hydrogen-bond donors (Lipinski definition) is 0. The third-order valence-corrected chi connectivity index (χ3v) is 1.79. The van der Waals surface area contributed by atoms with E-state index in [1.54, 1.807) is 4.90 Å². The molecule has 0 N–H and O–H groups in total. The Morgan fingerprint density at radius 1 is 1.21 bits per heavy atom. The minimum absolute atomic E-state index is 0.00972. The molecule has 0 heterocycles. The van der Waals surface area contributed by atoms with E-state index in [1.165, 1.54) is 0 Å². The molecule has 76 valence electrons. The fraction of sp³-hybridized carbons (Fsp3) is 0.700. The van der Waals surface area contributed by atoms with Crippen molar-refractivity contribution < 1.29 is 4.79 Å². The number of carbonyl (C=O) groups excluding carboxylic acids is 1. The Kier molecular flexibility index (Phi) is 6.15. The lowest BCUT2D eigenvalue weighted by molar-refractivity contribution is -0.134. The fourth-order valence-electron chi connectivity index (χ4n) is 1.07. The molecular formula is C10H15N3O. The van der Waals surface area contributed by atoms with Crippen molar-refractivity contribution >= 4 is 5.91 Å². The number of nitrogens with zero attached hydrogens (tertiary/aromatic N) is 3. The molecule has 0 aromatic heterocycles. The summed E-state index contributed by atoms with van der Waals surface area (Å²) in [4.78, 5) is 13.1. The van der Waals surface area contributed by atoms with E-state index in [-0.39, 0.29) is 11.8 Å². The Hall–Kier alpha value is -1.55.